The van der Waals surface area contributed by atoms with E-state index in [1.54, 1.807) is 0 Å². The number of halogens is 4. The van der Waals surface area contributed by atoms with Crippen molar-refractivity contribution in [3.8, 4) is 0 Å². The number of hydrogen-bond acceptors (Lipinski definition) is 0. The van der Waals surface area contributed by atoms with Crippen molar-refractivity contribution in [1.82, 2.24) is 0 Å². The van der Waals surface area contributed by atoms with Gasteiger partial charge in [-0.15, -0.1) is 0 Å². The molecule has 6 heteroatoms. The molecule has 0 heterocycles. The highest BCUT2D eigenvalue weighted by atomic mass is 19.5. The zero-order valence-electron chi connectivity index (χ0n) is 7.95. The molecule has 0 saturated carbocycles. The van der Waals surface area contributed by atoms with Crippen LogP contribution in [0.3, 0.4) is 0 Å². The van der Waals surface area contributed by atoms with Crippen molar-refractivity contribution in [2.24, 2.45) is 0 Å². The highest BCUT2D eigenvalue weighted by Crippen LogP contribution is 2.06. The fraction of sp³-hybridized carbons (Fsp3) is 1.00. The Morgan fingerprint density at radius 1 is 1.00 bits per heavy atom. The molecule has 0 radical (unpaired) electrons. The molecule has 0 saturated heterocycles. The van der Waals surface area contributed by atoms with E-state index in [9.17, 15) is 17.3 Å². The van der Waals surface area contributed by atoms with Crippen molar-refractivity contribution in [2.75, 3.05) is 27.7 Å². The van der Waals surface area contributed by atoms with Crippen LogP contribution in [0.1, 0.15) is 13.3 Å². The topological polar surface area (TPSA) is 0 Å². The molecule has 0 fully saturated rings. The van der Waals surface area contributed by atoms with Crippen LogP contribution in [-0.4, -0.2) is 39.4 Å². The fourth-order valence-electron chi connectivity index (χ4n) is 0.671. The van der Waals surface area contributed by atoms with E-state index in [0.717, 1.165) is 4.48 Å². The summed E-state index contributed by atoms with van der Waals surface area (Å²) in [4.78, 5) is 0. The van der Waals surface area contributed by atoms with Gasteiger partial charge >= 0.3 is 7.25 Å². The summed E-state index contributed by atoms with van der Waals surface area (Å²) in [5, 5.41) is 0. The highest BCUT2D eigenvalue weighted by molar-refractivity contribution is 6.50. The third-order valence-electron chi connectivity index (χ3n) is 0.894. The highest BCUT2D eigenvalue weighted by Gasteiger charge is 2.20. The summed E-state index contributed by atoms with van der Waals surface area (Å²) in [6, 6.07) is 0. The molecule has 0 unspecified atom stereocenters. The Balaban J connectivity index is 0. The summed E-state index contributed by atoms with van der Waals surface area (Å²) in [5.74, 6) is 0. The van der Waals surface area contributed by atoms with Gasteiger partial charge in [-0.25, -0.2) is 0 Å². The molecule has 0 bridgehead atoms. The zero-order valence-corrected chi connectivity index (χ0v) is 7.95. The maximum atomic E-state index is 9.75. The molecule has 0 aromatic carbocycles. The summed E-state index contributed by atoms with van der Waals surface area (Å²) < 4.78 is 40.1. The molecule has 0 N–H and O–H groups in total. The molecule has 0 atom stereocenters. The predicted molar refractivity (Wildman–Crippen MR) is 43.4 cm³/mol. The van der Waals surface area contributed by atoms with Crippen molar-refractivity contribution in [2.45, 2.75) is 13.3 Å². The second kappa shape index (κ2) is 5.40. The Hall–Kier alpha value is -0.255. The molecule has 12 heavy (non-hydrogen) atoms. The molecular weight excluding hydrogens is 173 g/mol. The molecule has 1 nitrogen and oxygen atoms in total. The lowest BCUT2D eigenvalue weighted by Gasteiger charge is -2.22. The van der Waals surface area contributed by atoms with E-state index in [1.165, 1.54) is 13.0 Å². The lowest BCUT2D eigenvalue weighted by atomic mass is 10.3. The Kier molecular flexibility index (Phi) is 6.43. The molecule has 0 aliphatic rings. The monoisotopic (exact) mass is 189 g/mol. The van der Waals surface area contributed by atoms with Gasteiger partial charge in [0.1, 0.15) is 0 Å². The molecule has 76 valence electrons. The number of nitrogens with zero attached hydrogens (tertiary/aromatic N) is 1. The van der Waals surface area contributed by atoms with Crippen LogP contribution < -0.4 is 0 Å². The second-order valence-corrected chi connectivity index (χ2v) is 3.51. The van der Waals surface area contributed by atoms with Gasteiger partial charge in [0, 0.05) is 0 Å². The summed E-state index contributed by atoms with van der Waals surface area (Å²) in [6.45, 7) is 3.49. The smallest absolute Gasteiger partial charge is 0.418 e. The lowest BCUT2D eigenvalue weighted by Crippen LogP contribution is -2.34. The zero-order chi connectivity index (χ0) is 10.4. The minimum absolute atomic E-state index is 1.09. The van der Waals surface area contributed by atoms with Crippen molar-refractivity contribution in [3.05, 3.63) is 0 Å². The van der Waals surface area contributed by atoms with E-state index in [4.69, 9.17) is 0 Å². The van der Waals surface area contributed by atoms with Crippen LogP contribution in [0.2, 0.25) is 0 Å². The third kappa shape index (κ3) is 53.1. The lowest BCUT2D eigenvalue weighted by molar-refractivity contribution is -0.870. The van der Waals surface area contributed by atoms with Gasteiger partial charge in [0.15, 0.2) is 0 Å². The Morgan fingerprint density at radius 2 is 1.25 bits per heavy atom. The van der Waals surface area contributed by atoms with Crippen LogP contribution in [0.25, 0.3) is 0 Å². The summed E-state index contributed by atoms with van der Waals surface area (Å²) >= 11 is 0. The van der Waals surface area contributed by atoms with Gasteiger partial charge in [-0.2, -0.15) is 0 Å². The van der Waals surface area contributed by atoms with E-state index < -0.39 is 7.25 Å². The normalized spacial score (nSPS) is 12.0. The van der Waals surface area contributed by atoms with Gasteiger partial charge < -0.3 is 21.7 Å². The average Bonchev–Trinajstić information content (AvgIpc) is 1.54. The van der Waals surface area contributed by atoms with Crippen LogP contribution >= 0.6 is 0 Å². The number of hydrogen-bond donors (Lipinski definition) is 0. The number of rotatable bonds is 2. The third-order valence-corrected chi connectivity index (χ3v) is 0.894. The van der Waals surface area contributed by atoms with Crippen molar-refractivity contribution < 1.29 is 21.7 Å². The van der Waals surface area contributed by atoms with Gasteiger partial charge in [0.05, 0.1) is 27.7 Å². The van der Waals surface area contributed by atoms with E-state index in [2.05, 4.69) is 28.1 Å². The van der Waals surface area contributed by atoms with Gasteiger partial charge in [-0.1, -0.05) is 6.92 Å². The molecule has 0 aliphatic carbocycles. The number of quaternary nitrogens is 1. The summed E-state index contributed by atoms with van der Waals surface area (Å²) in [6.07, 6.45) is 1.28. The molecular formula is C6H16BF4N. The Labute approximate surface area is 71.1 Å². The van der Waals surface area contributed by atoms with Gasteiger partial charge in [0.25, 0.3) is 0 Å². The first-order valence-electron chi connectivity index (χ1n) is 3.74. The van der Waals surface area contributed by atoms with Gasteiger partial charge in [0.2, 0.25) is 0 Å². The van der Waals surface area contributed by atoms with Crippen molar-refractivity contribution >= 4 is 7.25 Å². The van der Waals surface area contributed by atoms with Crippen LogP contribution in [0, 0.1) is 0 Å². The van der Waals surface area contributed by atoms with Crippen LogP contribution in [0.5, 0.6) is 0 Å². The van der Waals surface area contributed by atoms with Gasteiger partial charge in [-0.3, -0.25) is 0 Å². The minimum atomic E-state index is -6.00. The Bertz CT molecular complexity index is 101. The maximum Gasteiger partial charge on any atom is 0.673 e. The van der Waals surface area contributed by atoms with Crippen LogP contribution in [0.4, 0.5) is 17.3 Å². The summed E-state index contributed by atoms with van der Waals surface area (Å²) in [7, 11) is 0.635. The molecule has 0 amide bonds. The largest absolute Gasteiger partial charge is 0.673 e. The van der Waals surface area contributed by atoms with Crippen LogP contribution in [-0.2, 0) is 0 Å². The average molecular weight is 189 g/mol. The van der Waals surface area contributed by atoms with Crippen molar-refractivity contribution in [3.63, 3.8) is 0 Å². The van der Waals surface area contributed by atoms with Crippen molar-refractivity contribution in [1.29, 1.82) is 0 Å². The maximum absolute atomic E-state index is 9.75. The molecule has 0 aromatic heterocycles. The first kappa shape index (κ1) is 14.3. The standard InChI is InChI=1S/C6H16N.BF4/c1-5-6-7(2,3)4;2-1(3,4)5/h5-6H2,1-4H3;/q+1;-1. The van der Waals surface area contributed by atoms with E-state index in [-0.39, 0.29) is 0 Å². The van der Waals surface area contributed by atoms with Crippen LogP contribution in [0.15, 0.2) is 0 Å². The van der Waals surface area contributed by atoms with E-state index in [1.807, 2.05) is 0 Å². The van der Waals surface area contributed by atoms with Gasteiger partial charge in [-0.05, 0) is 6.42 Å². The predicted octanol–water partition coefficient (Wildman–Crippen LogP) is 2.40. The fourth-order valence-corrected chi connectivity index (χ4v) is 0.671. The quantitative estimate of drug-likeness (QED) is 0.355. The minimum Gasteiger partial charge on any atom is -0.418 e. The van der Waals surface area contributed by atoms with E-state index in [0.29, 0.717) is 0 Å². The first-order chi connectivity index (χ1) is 5.06. The summed E-state index contributed by atoms with van der Waals surface area (Å²) in [5.41, 5.74) is 0. The second-order valence-electron chi connectivity index (χ2n) is 3.51. The molecule has 0 aromatic rings. The first-order valence-corrected chi connectivity index (χ1v) is 3.74. The molecule has 0 rings (SSSR count). The Morgan fingerprint density at radius 3 is 1.25 bits per heavy atom. The SMILES string of the molecule is CCC[N+](C)(C)C.F[B-](F)(F)F. The van der Waals surface area contributed by atoms with E-state index >= 15 is 0 Å². The molecule has 0 spiro atoms. The molecule has 0 aliphatic heterocycles.